The van der Waals surface area contributed by atoms with Crippen molar-refractivity contribution in [3.05, 3.63) is 24.3 Å². The maximum atomic E-state index is 12.4. The SMILES string of the molecule is CCCCC/C=C\C/C=C\CCCCCCCC(=O)O[C@H](COC(=O)CCCCCCCCCCCCCCCCCCCCC)COP(=O)(O)O. The molecule has 52 heavy (non-hydrogen) atoms. The summed E-state index contributed by atoms with van der Waals surface area (Å²) in [5, 5.41) is 0. The Morgan fingerprint density at radius 1 is 0.500 bits per heavy atom. The highest BCUT2D eigenvalue weighted by Gasteiger charge is 2.22. The van der Waals surface area contributed by atoms with Crippen molar-refractivity contribution in [3.8, 4) is 0 Å². The number of carbonyl (C=O) groups is 2. The van der Waals surface area contributed by atoms with Crippen molar-refractivity contribution in [2.45, 2.75) is 225 Å². The van der Waals surface area contributed by atoms with E-state index in [1.54, 1.807) is 0 Å². The van der Waals surface area contributed by atoms with Crippen molar-refractivity contribution in [1.29, 1.82) is 0 Å². The van der Waals surface area contributed by atoms with Gasteiger partial charge < -0.3 is 19.3 Å². The fraction of sp³-hybridized carbons (Fsp3) is 0.860. The maximum Gasteiger partial charge on any atom is 0.469 e. The molecule has 0 rings (SSSR count). The lowest BCUT2D eigenvalue weighted by atomic mass is 10.0. The van der Waals surface area contributed by atoms with E-state index in [9.17, 15) is 14.2 Å². The summed E-state index contributed by atoms with van der Waals surface area (Å²) in [7, 11) is -4.75. The zero-order valence-corrected chi connectivity index (χ0v) is 34.6. The van der Waals surface area contributed by atoms with Gasteiger partial charge in [0, 0.05) is 12.8 Å². The number of carbonyl (C=O) groups excluding carboxylic acids is 2. The lowest BCUT2D eigenvalue weighted by molar-refractivity contribution is -0.161. The molecule has 0 bridgehead atoms. The van der Waals surface area contributed by atoms with E-state index in [2.05, 4.69) is 42.7 Å². The number of ether oxygens (including phenoxy) is 2. The van der Waals surface area contributed by atoms with Gasteiger partial charge in [0.1, 0.15) is 6.61 Å². The third kappa shape index (κ3) is 41.3. The van der Waals surface area contributed by atoms with Crippen molar-refractivity contribution < 1.29 is 37.9 Å². The van der Waals surface area contributed by atoms with E-state index < -0.39 is 32.5 Å². The molecule has 0 heterocycles. The zero-order chi connectivity index (χ0) is 38.2. The minimum Gasteiger partial charge on any atom is -0.462 e. The Hall–Kier alpha value is -1.47. The normalized spacial score (nSPS) is 12.6. The van der Waals surface area contributed by atoms with Crippen LogP contribution in [0.3, 0.4) is 0 Å². The second-order valence-electron chi connectivity index (χ2n) is 14.7. The summed E-state index contributed by atoms with van der Waals surface area (Å²) >= 11 is 0. The fourth-order valence-electron chi connectivity index (χ4n) is 6.23. The van der Waals surface area contributed by atoms with E-state index in [0.29, 0.717) is 6.42 Å². The number of phosphoric acid groups is 1. The molecule has 8 nitrogen and oxygen atoms in total. The highest BCUT2D eigenvalue weighted by atomic mass is 31.2. The van der Waals surface area contributed by atoms with Crippen LogP contribution in [0.4, 0.5) is 0 Å². The minimum absolute atomic E-state index is 0.199. The van der Waals surface area contributed by atoms with E-state index >= 15 is 0 Å². The Labute approximate surface area is 319 Å². The number of hydrogen-bond acceptors (Lipinski definition) is 6. The molecule has 0 amide bonds. The van der Waals surface area contributed by atoms with Crippen LogP contribution < -0.4 is 0 Å². The van der Waals surface area contributed by atoms with E-state index in [1.165, 1.54) is 128 Å². The van der Waals surface area contributed by atoms with E-state index in [0.717, 1.165) is 57.8 Å². The summed E-state index contributed by atoms with van der Waals surface area (Å²) in [5.41, 5.74) is 0. The first-order valence-corrected chi connectivity index (χ1v) is 23.2. The van der Waals surface area contributed by atoms with Gasteiger partial charge in [0.05, 0.1) is 6.61 Å². The Kier molecular flexibility index (Phi) is 38.1. The molecule has 0 aliphatic carbocycles. The summed E-state index contributed by atoms with van der Waals surface area (Å²) in [6, 6.07) is 0. The molecule has 0 aliphatic heterocycles. The fourth-order valence-corrected chi connectivity index (χ4v) is 6.59. The molecule has 0 spiro atoms. The zero-order valence-electron chi connectivity index (χ0n) is 33.7. The van der Waals surface area contributed by atoms with Crippen LogP contribution in [0.5, 0.6) is 0 Å². The molecule has 0 saturated heterocycles. The first kappa shape index (κ1) is 50.5. The molecular weight excluding hydrogens is 675 g/mol. The molecule has 0 radical (unpaired) electrons. The van der Waals surface area contributed by atoms with Crippen molar-refractivity contribution in [2.75, 3.05) is 13.2 Å². The molecule has 0 aromatic rings. The maximum absolute atomic E-state index is 12.4. The van der Waals surface area contributed by atoms with E-state index in [1.807, 2.05) is 0 Å². The van der Waals surface area contributed by atoms with Crippen molar-refractivity contribution in [1.82, 2.24) is 0 Å². The van der Waals surface area contributed by atoms with Gasteiger partial charge in [-0.3, -0.25) is 14.1 Å². The topological polar surface area (TPSA) is 119 Å². The highest BCUT2D eigenvalue weighted by Crippen LogP contribution is 2.36. The van der Waals surface area contributed by atoms with Crippen LogP contribution in [0.2, 0.25) is 0 Å². The second kappa shape index (κ2) is 39.2. The Bertz CT molecular complexity index is 900. The van der Waals surface area contributed by atoms with Crippen LogP contribution in [0.15, 0.2) is 24.3 Å². The number of allylic oxidation sites excluding steroid dienone is 4. The third-order valence-corrected chi connectivity index (χ3v) is 9.96. The number of rotatable bonds is 40. The Morgan fingerprint density at radius 2 is 0.865 bits per heavy atom. The molecule has 0 aromatic heterocycles. The van der Waals surface area contributed by atoms with E-state index in [4.69, 9.17) is 19.3 Å². The van der Waals surface area contributed by atoms with Gasteiger partial charge in [-0.1, -0.05) is 186 Å². The summed E-state index contributed by atoms with van der Waals surface area (Å²) in [5.74, 6) is -0.891. The molecule has 9 heteroatoms. The monoisotopic (exact) mass is 757 g/mol. The van der Waals surface area contributed by atoms with Gasteiger partial charge in [-0.05, 0) is 44.9 Å². The van der Waals surface area contributed by atoms with Crippen LogP contribution in [0.25, 0.3) is 0 Å². The predicted molar refractivity (Wildman–Crippen MR) is 216 cm³/mol. The van der Waals surface area contributed by atoms with Gasteiger partial charge in [0.15, 0.2) is 6.10 Å². The summed E-state index contributed by atoms with van der Waals surface area (Å²) in [6.45, 7) is 3.67. The highest BCUT2D eigenvalue weighted by molar-refractivity contribution is 7.46. The number of hydrogen-bond donors (Lipinski definition) is 2. The molecule has 0 unspecified atom stereocenters. The molecule has 2 N–H and O–H groups in total. The average Bonchev–Trinajstić information content (AvgIpc) is 3.11. The van der Waals surface area contributed by atoms with E-state index in [-0.39, 0.29) is 19.4 Å². The van der Waals surface area contributed by atoms with Gasteiger partial charge in [0.2, 0.25) is 0 Å². The van der Waals surface area contributed by atoms with Crippen molar-refractivity contribution >= 4 is 19.8 Å². The van der Waals surface area contributed by atoms with Crippen molar-refractivity contribution in [2.24, 2.45) is 0 Å². The van der Waals surface area contributed by atoms with Crippen LogP contribution in [-0.4, -0.2) is 41.0 Å². The quantitative estimate of drug-likeness (QED) is 0.0274. The first-order chi connectivity index (χ1) is 25.3. The average molecular weight is 757 g/mol. The number of unbranched alkanes of at least 4 members (excludes halogenated alkanes) is 26. The minimum atomic E-state index is -4.75. The smallest absolute Gasteiger partial charge is 0.462 e. The molecule has 306 valence electrons. The van der Waals surface area contributed by atoms with Crippen LogP contribution in [0, 0.1) is 0 Å². The molecule has 1 atom stereocenters. The van der Waals surface area contributed by atoms with Gasteiger partial charge in [-0.15, -0.1) is 0 Å². The molecule has 0 aliphatic rings. The van der Waals surface area contributed by atoms with Crippen molar-refractivity contribution in [3.63, 3.8) is 0 Å². The number of phosphoric ester groups is 1. The van der Waals surface area contributed by atoms with Crippen LogP contribution in [-0.2, 0) is 28.2 Å². The van der Waals surface area contributed by atoms with Gasteiger partial charge >= 0.3 is 19.8 Å². The predicted octanol–water partition coefficient (Wildman–Crippen LogP) is 13.2. The summed E-state index contributed by atoms with van der Waals surface area (Å²) in [6.07, 6.45) is 44.7. The van der Waals surface area contributed by atoms with Gasteiger partial charge in [0.25, 0.3) is 0 Å². The standard InChI is InChI=1S/C43H81O8P/c1-3-5-7-9-11-13-15-17-19-20-21-22-24-25-27-29-31-33-35-37-42(44)49-39-41(40-50-52(46,47)48)51-43(45)38-36-34-32-30-28-26-23-18-16-14-12-10-8-6-4-2/h12,14,18,23,41H,3-11,13,15-17,19-22,24-40H2,1-2H3,(H2,46,47,48)/b14-12-,23-18-/t41-/m1/s1. The number of esters is 2. The van der Waals surface area contributed by atoms with Crippen LogP contribution in [0.1, 0.15) is 219 Å². The van der Waals surface area contributed by atoms with Gasteiger partial charge in [-0.2, -0.15) is 0 Å². The Morgan fingerprint density at radius 3 is 1.31 bits per heavy atom. The largest absolute Gasteiger partial charge is 0.469 e. The lowest BCUT2D eigenvalue weighted by Gasteiger charge is -2.18. The Balaban J connectivity index is 3.87. The molecular formula is C43H81O8P. The molecule has 0 fully saturated rings. The molecule has 0 aromatic carbocycles. The summed E-state index contributed by atoms with van der Waals surface area (Å²) in [4.78, 5) is 42.9. The first-order valence-electron chi connectivity index (χ1n) is 21.6. The lowest BCUT2D eigenvalue weighted by Crippen LogP contribution is -2.29. The molecule has 0 saturated carbocycles. The third-order valence-electron chi connectivity index (χ3n) is 9.47. The summed E-state index contributed by atoms with van der Waals surface area (Å²) < 4.78 is 26.4. The second-order valence-corrected chi connectivity index (χ2v) is 15.9. The van der Waals surface area contributed by atoms with Crippen LogP contribution >= 0.6 is 7.82 Å². The van der Waals surface area contributed by atoms with Gasteiger partial charge in [-0.25, -0.2) is 4.57 Å².